The Morgan fingerprint density at radius 1 is 1.23 bits per heavy atom. The van der Waals surface area contributed by atoms with E-state index in [0.29, 0.717) is 18.2 Å². The van der Waals surface area contributed by atoms with Crippen molar-refractivity contribution in [2.24, 2.45) is 0 Å². The van der Waals surface area contributed by atoms with E-state index in [9.17, 15) is 4.79 Å². The molecule has 0 saturated carbocycles. The van der Waals surface area contributed by atoms with Crippen LogP contribution in [0.1, 0.15) is 56.5 Å². The second kappa shape index (κ2) is 9.83. The van der Waals surface area contributed by atoms with Gasteiger partial charge in [0, 0.05) is 55.1 Å². The maximum atomic E-state index is 12.4. The van der Waals surface area contributed by atoms with Crippen LogP contribution in [0.5, 0.6) is 5.88 Å². The van der Waals surface area contributed by atoms with Gasteiger partial charge in [-0.15, -0.1) is 0 Å². The molecule has 1 amide bonds. The molecule has 3 heterocycles. The number of unbranched alkanes of at least 4 members (excludes halogenated alkanes) is 1. The van der Waals surface area contributed by atoms with Crippen molar-refractivity contribution in [3.05, 3.63) is 17.6 Å². The molecule has 0 radical (unpaired) electrons. The zero-order valence-electron chi connectivity index (χ0n) is 15.8. The van der Waals surface area contributed by atoms with Crippen LogP contribution in [0.2, 0.25) is 0 Å². The third kappa shape index (κ3) is 6.05. The summed E-state index contributed by atoms with van der Waals surface area (Å²) in [7, 11) is 4.02. The molecule has 3 rings (SSSR count). The van der Waals surface area contributed by atoms with Crippen molar-refractivity contribution >= 4 is 27.5 Å². The van der Waals surface area contributed by atoms with E-state index in [1.807, 2.05) is 46.4 Å². The SMILES string of the molecule is Cc1cc(OC2CCN(C(=O)CCCC[C@H]3CCSS3)CC2)nc(C)n1. The Hall–Kier alpha value is -0.950. The quantitative estimate of drug-likeness (QED) is 0.510. The minimum absolute atomic E-state index is 0.143. The summed E-state index contributed by atoms with van der Waals surface area (Å²) in [5.41, 5.74) is 0.926. The van der Waals surface area contributed by atoms with Gasteiger partial charge in [-0.2, -0.15) is 4.98 Å². The molecule has 0 N–H and O–H groups in total. The van der Waals surface area contributed by atoms with E-state index in [1.54, 1.807) is 0 Å². The van der Waals surface area contributed by atoms with E-state index in [4.69, 9.17) is 4.74 Å². The van der Waals surface area contributed by atoms with Crippen LogP contribution in [0, 0.1) is 13.8 Å². The first kappa shape index (κ1) is 19.8. The molecule has 0 spiro atoms. The lowest BCUT2D eigenvalue weighted by atomic mass is 10.1. The van der Waals surface area contributed by atoms with Gasteiger partial charge >= 0.3 is 0 Å². The monoisotopic (exact) mass is 395 g/mol. The molecule has 2 aliphatic heterocycles. The standard InChI is InChI=1S/C19H29N3O2S2/c1-14-13-18(21-15(2)20-14)24-16-7-10-22(11-8-16)19(23)6-4-3-5-17-9-12-25-26-17/h13,16-17H,3-12H2,1-2H3/t17-/m0/s1. The molecule has 2 saturated heterocycles. The predicted molar refractivity (Wildman–Crippen MR) is 109 cm³/mol. The van der Waals surface area contributed by atoms with Crippen LogP contribution in [0.15, 0.2) is 6.07 Å². The molecule has 0 bridgehead atoms. The summed E-state index contributed by atoms with van der Waals surface area (Å²) < 4.78 is 6.01. The second-order valence-corrected chi connectivity index (χ2v) is 9.95. The number of carbonyl (C=O) groups is 1. The lowest BCUT2D eigenvalue weighted by Gasteiger charge is -2.32. The minimum atomic E-state index is 0.143. The Labute approximate surface area is 164 Å². The van der Waals surface area contributed by atoms with Crippen molar-refractivity contribution in [1.29, 1.82) is 0 Å². The van der Waals surface area contributed by atoms with Crippen molar-refractivity contribution in [2.45, 2.75) is 70.1 Å². The molecule has 1 aromatic rings. The normalized spacial score (nSPS) is 21.2. The lowest BCUT2D eigenvalue weighted by molar-refractivity contribution is -0.133. The average molecular weight is 396 g/mol. The highest BCUT2D eigenvalue weighted by Crippen LogP contribution is 2.39. The van der Waals surface area contributed by atoms with Crippen LogP contribution in [-0.2, 0) is 4.79 Å². The summed E-state index contributed by atoms with van der Waals surface area (Å²) in [5.74, 6) is 3.00. The third-order valence-electron chi connectivity index (χ3n) is 4.92. The Morgan fingerprint density at radius 3 is 2.73 bits per heavy atom. The Balaban J connectivity index is 1.34. The van der Waals surface area contributed by atoms with Gasteiger partial charge in [0.15, 0.2) is 0 Å². The summed E-state index contributed by atoms with van der Waals surface area (Å²) in [4.78, 5) is 23.0. The molecule has 0 aromatic carbocycles. The number of hydrogen-bond acceptors (Lipinski definition) is 6. The number of ether oxygens (including phenoxy) is 1. The fraction of sp³-hybridized carbons (Fsp3) is 0.737. The molecule has 2 fully saturated rings. The Kier molecular flexibility index (Phi) is 7.49. The number of aryl methyl sites for hydroxylation is 2. The van der Waals surface area contributed by atoms with E-state index in [2.05, 4.69) is 9.97 Å². The summed E-state index contributed by atoms with van der Waals surface area (Å²) in [6.07, 6.45) is 7.39. The van der Waals surface area contributed by atoms with Gasteiger partial charge in [0.25, 0.3) is 0 Å². The highest BCUT2D eigenvalue weighted by molar-refractivity contribution is 8.77. The van der Waals surface area contributed by atoms with Crippen LogP contribution in [0.3, 0.4) is 0 Å². The first-order valence-electron chi connectivity index (χ1n) is 9.65. The number of likely N-dealkylation sites (tertiary alicyclic amines) is 1. The van der Waals surface area contributed by atoms with E-state index in [0.717, 1.165) is 49.1 Å². The third-order valence-corrected chi connectivity index (χ3v) is 7.93. The number of piperidine rings is 1. The van der Waals surface area contributed by atoms with E-state index in [-0.39, 0.29) is 6.10 Å². The van der Waals surface area contributed by atoms with Gasteiger partial charge in [-0.1, -0.05) is 28.0 Å². The van der Waals surface area contributed by atoms with Gasteiger partial charge in [-0.3, -0.25) is 4.79 Å². The fourth-order valence-corrected chi connectivity index (χ4v) is 6.54. The number of rotatable bonds is 7. The van der Waals surface area contributed by atoms with Crippen molar-refractivity contribution in [3.63, 3.8) is 0 Å². The van der Waals surface area contributed by atoms with Crippen molar-refractivity contribution < 1.29 is 9.53 Å². The van der Waals surface area contributed by atoms with E-state index < -0.39 is 0 Å². The van der Waals surface area contributed by atoms with Gasteiger partial charge in [0.05, 0.1) is 0 Å². The summed E-state index contributed by atoms with van der Waals surface area (Å²) in [6.45, 7) is 5.42. The molecular weight excluding hydrogens is 366 g/mol. The van der Waals surface area contributed by atoms with Crippen LogP contribution in [0.4, 0.5) is 0 Å². The maximum absolute atomic E-state index is 12.4. The zero-order chi connectivity index (χ0) is 18.4. The lowest BCUT2D eigenvalue weighted by Crippen LogP contribution is -2.41. The topological polar surface area (TPSA) is 55.3 Å². The van der Waals surface area contributed by atoms with Crippen LogP contribution in [-0.4, -0.2) is 51.0 Å². The molecular formula is C19H29N3O2S2. The van der Waals surface area contributed by atoms with Crippen molar-refractivity contribution in [2.75, 3.05) is 18.8 Å². The molecule has 144 valence electrons. The Morgan fingerprint density at radius 2 is 2.04 bits per heavy atom. The first-order valence-corrected chi connectivity index (χ1v) is 12.0. The molecule has 1 atom stereocenters. The summed E-state index contributed by atoms with van der Waals surface area (Å²) in [5, 5.41) is 0.817. The smallest absolute Gasteiger partial charge is 0.222 e. The van der Waals surface area contributed by atoms with Crippen LogP contribution in [0.25, 0.3) is 0 Å². The van der Waals surface area contributed by atoms with Gasteiger partial charge in [-0.25, -0.2) is 4.98 Å². The zero-order valence-corrected chi connectivity index (χ0v) is 17.4. The molecule has 7 heteroatoms. The number of nitrogens with zero attached hydrogens (tertiary/aromatic N) is 3. The molecule has 2 aliphatic rings. The first-order chi connectivity index (χ1) is 12.6. The second-order valence-electron chi connectivity index (χ2n) is 7.17. The number of aromatic nitrogens is 2. The maximum Gasteiger partial charge on any atom is 0.222 e. The van der Waals surface area contributed by atoms with Crippen molar-refractivity contribution in [3.8, 4) is 5.88 Å². The number of carbonyl (C=O) groups excluding carboxylic acids is 1. The van der Waals surface area contributed by atoms with Gasteiger partial charge < -0.3 is 9.64 Å². The predicted octanol–water partition coefficient (Wildman–Crippen LogP) is 4.18. The van der Waals surface area contributed by atoms with Gasteiger partial charge in [-0.05, 0) is 33.1 Å². The Bertz CT molecular complexity index is 580. The summed E-state index contributed by atoms with van der Waals surface area (Å²) in [6, 6.07) is 1.88. The molecule has 0 unspecified atom stereocenters. The highest BCUT2D eigenvalue weighted by atomic mass is 33.1. The van der Waals surface area contributed by atoms with Gasteiger partial charge in [0.2, 0.25) is 11.8 Å². The molecule has 5 nitrogen and oxygen atoms in total. The summed E-state index contributed by atoms with van der Waals surface area (Å²) >= 11 is 0. The fourth-order valence-electron chi connectivity index (χ4n) is 3.51. The number of hydrogen-bond donors (Lipinski definition) is 0. The van der Waals surface area contributed by atoms with Crippen molar-refractivity contribution in [1.82, 2.24) is 14.9 Å². The van der Waals surface area contributed by atoms with E-state index >= 15 is 0 Å². The number of amides is 1. The van der Waals surface area contributed by atoms with Gasteiger partial charge in [0.1, 0.15) is 11.9 Å². The highest BCUT2D eigenvalue weighted by Gasteiger charge is 2.24. The van der Waals surface area contributed by atoms with E-state index in [1.165, 1.54) is 25.0 Å². The molecule has 26 heavy (non-hydrogen) atoms. The van der Waals surface area contributed by atoms with Crippen LogP contribution >= 0.6 is 21.6 Å². The minimum Gasteiger partial charge on any atom is -0.474 e. The van der Waals surface area contributed by atoms with Crippen LogP contribution < -0.4 is 4.74 Å². The molecule has 1 aromatic heterocycles. The molecule has 0 aliphatic carbocycles. The average Bonchev–Trinajstić information content (AvgIpc) is 3.12. The largest absolute Gasteiger partial charge is 0.474 e.